The van der Waals surface area contributed by atoms with Crippen LogP contribution in [0.5, 0.6) is 0 Å². The van der Waals surface area contributed by atoms with E-state index in [0.29, 0.717) is 47.2 Å². The molecular weight excluding hydrogens is 360 g/mol. The quantitative estimate of drug-likeness (QED) is 0.433. The lowest BCUT2D eigenvalue weighted by molar-refractivity contribution is -0.148. The Balaban J connectivity index is 1.66. The number of ketones is 1. The Morgan fingerprint density at radius 3 is 2.52 bits per heavy atom. The monoisotopic (exact) mass is 400 g/mol. The molecule has 0 saturated heterocycles. The van der Waals surface area contributed by atoms with Crippen LogP contribution in [0.15, 0.2) is 11.6 Å². The average molecular weight is 401 g/mol. The van der Waals surface area contributed by atoms with Gasteiger partial charge in [-0.05, 0) is 91.4 Å². The number of esters is 1. The van der Waals surface area contributed by atoms with Crippen molar-refractivity contribution in [3.8, 4) is 0 Å². The Morgan fingerprint density at radius 2 is 1.83 bits per heavy atom. The minimum Gasteiger partial charge on any atom is -0.469 e. The molecule has 0 bridgehead atoms. The van der Waals surface area contributed by atoms with E-state index in [4.69, 9.17) is 4.74 Å². The van der Waals surface area contributed by atoms with Crippen molar-refractivity contribution in [3.63, 3.8) is 0 Å². The zero-order valence-electron chi connectivity index (χ0n) is 19.1. The zero-order chi connectivity index (χ0) is 21.0. The van der Waals surface area contributed by atoms with Gasteiger partial charge in [0.25, 0.3) is 0 Å². The lowest BCUT2D eigenvalue weighted by atomic mass is 9.43. The molecule has 0 aromatic heterocycles. The van der Waals surface area contributed by atoms with Crippen LogP contribution in [0.25, 0.3) is 0 Å². The summed E-state index contributed by atoms with van der Waals surface area (Å²) in [5.41, 5.74) is 1.64. The van der Waals surface area contributed by atoms with Crippen LogP contribution in [-0.4, -0.2) is 18.9 Å². The van der Waals surface area contributed by atoms with Crippen LogP contribution >= 0.6 is 0 Å². The highest BCUT2D eigenvalue weighted by Crippen LogP contribution is 2.68. The number of allylic oxidation sites excluding steroid dienone is 2. The molecule has 29 heavy (non-hydrogen) atoms. The minimum atomic E-state index is -0.0965. The molecule has 0 aromatic rings. The van der Waals surface area contributed by atoms with E-state index in [1.54, 1.807) is 0 Å². The second-order valence-corrected chi connectivity index (χ2v) is 11.1. The number of Topliss-reactive ketones (excluding diaryl/α,β-unsaturated/α-hetero) is 1. The number of hydrogen-bond acceptors (Lipinski definition) is 3. The van der Waals surface area contributed by atoms with Gasteiger partial charge in [0.2, 0.25) is 0 Å². The van der Waals surface area contributed by atoms with Crippen LogP contribution in [0.4, 0.5) is 0 Å². The van der Waals surface area contributed by atoms with Gasteiger partial charge >= 0.3 is 5.97 Å². The SMILES string of the molecule is C/C=C1/C(=O)C2C3CCC([C@H](C)CC(=O)OC)[C@@]3(C)CCC2[C@@]2(C)CCCC[C@@H]12. The summed E-state index contributed by atoms with van der Waals surface area (Å²) in [6.45, 7) is 9.26. The molecule has 0 N–H and O–H groups in total. The summed E-state index contributed by atoms with van der Waals surface area (Å²) >= 11 is 0. The van der Waals surface area contributed by atoms with Gasteiger partial charge in [-0.3, -0.25) is 9.59 Å². The Hall–Kier alpha value is -1.12. The van der Waals surface area contributed by atoms with Crippen molar-refractivity contribution in [2.45, 2.75) is 85.5 Å². The molecule has 4 aliphatic carbocycles. The molecule has 4 aliphatic rings. The number of carbonyl (C=O) groups is 2. The van der Waals surface area contributed by atoms with E-state index in [2.05, 4.69) is 33.8 Å². The molecule has 0 aliphatic heterocycles. The van der Waals surface area contributed by atoms with Crippen LogP contribution < -0.4 is 0 Å². The first-order valence-electron chi connectivity index (χ1n) is 12.0. The molecule has 162 valence electrons. The predicted molar refractivity (Wildman–Crippen MR) is 115 cm³/mol. The van der Waals surface area contributed by atoms with Crippen LogP contribution in [0.1, 0.15) is 85.5 Å². The largest absolute Gasteiger partial charge is 0.469 e. The van der Waals surface area contributed by atoms with Crippen molar-refractivity contribution in [3.05, 3.63) is 11.6 Å². The maximum Gasteiger partial charge on any atom is 0.305 e. The van der Waals surface area contributed by atoms with E-state index < -0.39 is 0 Å². The lowest BCUT2D eigenvalue weighted by Crippen LogP contribution is -2.57. The van der Waals surface area contributed by atoms with E-state index >= 15 is 0 Å². The van der Waals surface area contributed by atoms with Gasteiger partial charge in [-0.1, -0.05) is 39.7 Å². The summed E-state index contributed by atoms with van der Waals surface area (Å²) in [4.78, 5) is 25.8. The fraction of sp³-hybridized carbons (Fsp3) is 0.846. The maximum atomic E-state index is 13.8. The van der Waals surface area contributed by atoms with E-state index in [9.17, 15) is 9.59 Å². The third-order valence-corrected chi connectivity index (χ3v) is 10.1. The topological polar surface area (TPSA) is 43.4 Å². The Kier molecular flexibility index (Phi) is 5.49. The lowest BCUT2D eigenvalue weighted by Gasteiger charge is -2.60. The second-order valence-electron chi connectivity index (χ2n) is 11.1. The molecule has 0 heterocycles. The van der Waals surface area contributed by atoms with Crippen LogP contribution in [-0.2, 0) is 14.3 Å². The van der Waals surface area contributed by atoms with Gasteiger partial charge in [-0.2, -0.15) is 0 Å². The molecule has 4 rings (SSSR count). The van der Waals surface area contributed by atoms with Gasteiger partial charge in [0.1, 0.15) is 0 Å². The molecule has 0 radical (unpaired) electrons. The number of fused-ring (bicyclic) bond motifs is 5. The molecule has 0 amide bonds. The summed E-state index contributed by atoms with van der Waals surface area (Å²) in [5, 5.41) is 0. The molecule has 0 aromatic carbocycles. The molecular formula is C26H40O3. The summed E-state index contributed by atoms with van der Waals surface area (Å²) < 4.78 is 4.95. The van der Waals surface area contributed by atoms with Gasteiger partial charge in [0.15, 0.2) is 5.78 Å². The van der Waals surface area contributed by atoms with Crippen LogP contribution in [0.2, 0.25) is 0 Å². The van der Waals surface area contributed by atoms with Crippen molar-refractivity contribution in [2.24, 2.45) is 46.3 Å². The number of methoxy groups -OCH3 is 1. The predicted octanol–water partition coefficient (Wildman–Crippen LogP) is 5.97. The van der Waals surface area contributed by atoms with Gasteiger partial charge < -0.3 is 4.74 Å². The molecule has 4 unspecified atom stereocenters. The van der Waals surface area contributed by atoms with Gasteiger partial charge in [0, 0.05) is 12.3 Å². The minimum absolute atomic E-state index is 0.0965. The summed E-state index contributed by atoms with van der Waals surface area (Å²) in [5.74, 6) is 2.95. The maximum absolute atomic E-state index is 13.8. The van der Waals surface area contributed by atoms with Gasteiger partial charge in [-0.15, -0.1) is 0 Å². The molecule has 4 fully saturated rings. The summed E-state index contributed by atoms with van der Waals surface area (Å²) in [6, 6.07) is 0. The fourth-order valence-electron chi connectivity index (χ4n) is 8.73. The van der Waals surface area contributed by atoms with Crippen molar-refractivity contribution >= 4 is 11.8 Å². The highest BCUT2D eigenvalue weighted by atomic mass is 16.5. The summed E-state index contributed by atoms with van der Waals surface area (Å²) in [6.07, 6.45) is 12.5. The number of carbonyl (C=O) groups excluding carboxylic acids is 2. The third-order valence-electron chi connectivity index (χ3n) is 10.1. The molecule has 3 heteroatoms. The number of rotatable bonds is 3. The third kappa shape index (κ3) is 3.05. The van der Waals surface area contributed by atoms with Crippen LogP contribution in [0, 0.1) is 46.3 Å². The normalized spacial score (nSPS) is 46.6. The Morgan fingerprint density at radius 1 is 1.10 bits per heavy atom. The molecule has 3 nitrogen and oxygen atoms in total. The molecule has 0 spiro atoms. The first-order chi connectivity index (χ1) is 13.8. The highest BCUT2D eigenvalue weighted by Gasteiger charge is 2.63. The number of hydrogen-bond donors (Lipinski definition) is 0. The zero-order valence-corrected chi connectivity index (χ0v) is 19.1. The van der Waals surface area contributed by atoms with E-state index in [0.717, 1.165) is 18.4 Å². The van der Waals surface area contributed by atoms with E-state index in [-0.39, 0.29) is 17.3 Å². The van der Waals surface area contributed by atoms with Crippen molar-refractivity contribution in [1.82, 2.24) is 0 Å². The van der Waals surface area contributed by atoms with Gasteiger partial charge in [0.05, 0.1) is 7.11 Å². The Labute approximate surface area is 177 Å². The first-order valence-corrected chi connectivity index (χ1v) is 12.0. The fourth-order valence-corrected chi connectivity index (χ4v) is 8.73. The average Bonchev–Trinajstić information content (AvgIpc) is 3.05. The Bertz CT molecular complexity index is 709. The molecule has 4 saturated carbocycles. The second kappa shape index (κ2) is 7.54. The molecule has 8 atom stereocenters. The van der Waals surface area contributed by atoms with E-state index in [1.165, 1.54) is 45.6 Å². The summed E-state index contributed by atoms with van der Waals surface area (Å²) in [7, 11) is 1.49. The smallest absolute Gasteiger partial charge is 0.305 e. The van der Waals surface area contributed by atoms with Crippen molar-refractivity contribution in [1.29, 1.82) is 0 Å². The standard InChI is InChI=1S/C26H40O3/c1-6-17-19-9-7-8-13-25(19,3)21-12-14-26(4)18(16(2)15-22(27)29-5)10-11-20(26)23(21)24(17)28/h6,16,18-21,23H,7-15H2,1-5H3/b17-6+/t16-,18?,19+,20?,21?,23?,25+,26-/m1/s1. The highest BCUT2D eigenvalue weighted by molar-refractivity contribution is 5.99. The van der Waals surface area contributed by atoms with Crippen molar-refractivity contribution in [2.75, 3.05) is 7.11 Å². The number of ether oxygens (including phenoxy) is 1. The van der Waals surface area contributed by atoms with Crippen LogP contribution in [0.3, 0.4) is 0 Å². The first kappa shape index (κ1) is 21.1. The van der Waals surface area contributed by atoms with Crippen molar-refractivity contribution < 1.29 is 14.3 Å². The van der Waals surface area contributed by atoms with Gasteiger partial charge in [-0.25, -0.2) is 0 Å². The van der Waals surface area contributed by atoms with E-state index in [1.807, 2.05) is 0 Å².